The molecule has 0 bridgehead atoms. The van der Waals surface area contributed by atoms with E-state index in [-0.39, 0.29) is 28.7 Å². The van der Waals surface area contributed by atoms with Crippen molar-refractivity contribution in [3.05, 3.63) is 33.9 Å². The fraction of sp³-hybridized carbons (Fsp3) is 0.500. The SMILES string of the molecule is Cc1cc([N+](=O)[O-])ccc1S(=O)(=O)NC(CO)C(C)C. The Bertz CT molecular complexity index is 598. The number of rotatable bonds is 6. The normalized spacial score (nSPS) is 13.4. The highest BCUT2D eigenvalue weighted by molar-refractivity contribution is 7.89. The Morgan fingerprint density at radius 3 is 2.40 bits per heavy atom. The number of nitro groups is 1. The minimum atomic E-state index is -3.82. The zero-order valence-corrected chi connectivity index (χ0v) is 12.3. The lowest BCUT2D eigenvalue weighted by Crippen LogP contribution is -2.41. The lowest BCUT2D eigenvalue weighted by atomic mass is 10.1. The van der Waals surface area contributed by atoms with Gasteiger partial charge in [0.1, 0.15) is 0 Å². The summed E-state index contributed by atoms with van der Waals surface area (Å²) in [5.74, 6) is -0.0758. The second kappa shape index (κ2) is 6.29. The first-order valence-electron chi connectivity index (χ1n) is 6.07. The van der Waals surface area contributed by atoms with Gasteiger partial charge in [0.15, 0.2) is 0 Å². The predicted molar refractivity (Wildman–Crippen MR) is 73.9 cm³/mol. The standard InChI is InChI=1S/C12H18N2O5S/c1-8(2)11(7-15)13-20(18,19)12-5-4-10(14(16)17)6-9(12)3/h4-6,8,11,13,15H,7H2,1-3H3. The molecule has 2 N–H and O–H groups in total. The van der Waals surface area contributed by atoms with Crippen LogP contribution in [0.1, 0.15) is 19.4 Å². The quantitative estimate of drug-likeness (QED) is 0.606. The maximum absolute atomic E-state index is 12.2. The molecule has 0 fully saturated rings. The highest BCUT2D eigenvalue weighted by atomic mass is 32.2. The van der Waals surface area contributed by atoms with Crippen LogP contribution in [0.15, 0.2) is 23.1 Å². The maximum atomic E-state index is 12.2. The fourth-order valence-electron chi connectivity index (χ4n) is 1.70. The number of non-ortho nitro benzene ring substituents is 1. The van der Waals surface area contributed by atoms with E-state index in [1.54, 1.807) is 13.8 Å². The number of aliphatic hydroxyl groups excluding tert-OH is 1. The van der Waals surface area contributed by atoms with Crippen LogP contribution in [0.3, 0.4) is 0 Å². The minimum Gasteiger partial charge on any atom is -0.395 e. The van der Waals surface area contributed by atoms with Crippen molar-refractivity contribution in [1.29, 1.82) is 0 Å². The summed E-state index contributed by atoms with van der Waals surface area (Å²) in [5.41, 5.74) is 0.121. The molecule has 1 aromatic carbocycles. The van der Waals surface area contributed by atoms with Crippen LogP contribution in [-0.2, 0) is 10.0 Å². The Hall–Kier alpha value is -1.51. The number of aliphatic hydroxyl groups is 1. The van der Waals surface area contributed by atoms with Gasteiger partial charge in [-0.05, 0) is 24.5 Å². The molecule has 1 unspecified atom stereocenters. The molecule has 1 atom stereocenters. The smallest absolute Gasteiger partial charge is 0.269 e. The minimum absolute atomic E-state index is 0.0257. The van der Waals surface area contributed by atoms with Gasteiger partial charge in [0, 0.05) is 18.2 Å². The monoisotopic (exact) mass is 302 g/mol. The van der Waals surface area contributed by atoms with Crippen LogP contribution in [0.2, 0.25) is 0 Å². The molecule has 1 rings (SSSR count). The van der Waals surface area contributed by atoms with E-state index in [0.29, 0.717) is 0 Å². The van der Waals surface area contributed by atoms with Gasteiger partial charge >= 0.3 is 0 Å². The molecule has 7 nitrogen and oxygen atoms in total. The molecule has 0 aliphatic heterocycles. The van der Waals surface area contributed by atoms with Crippen LogP contribution in [0, 0.1) is 23.0 Å². The van der Waals surface area contributed by atoms with Gasteiger partial charge in [-0.15, -0.1) is 0 Å². The third-order valence-electron chi connectivity index (χ3n) is 2.97. The molecule has 0 aromatic heterocycles. The van der Waals surface area contributed by atoms with Gasteiger partial charge in [-0.2, -0.15) is 0 Å². The summed E-state index contributed by atoms with van der Waals surface area (Å²) in [6, 6.07) is 2.95. The molecular weight excluding hydrogens is 284 g/mol. The van der Waals surface area contributed by atoms with Gasteiger partial charge in [-0.3, -0.25) is 10.1 Å². The Kier molecular flexibility index (Phi) is 5.21. The largest absolute Gasteiger partial charge is 0.395 e. The van der Waals surface area contributed by atoms with Crippen molar-refractivity contribution < 1.29 is 18.4 Å². The van der Waals surface area contributed by atoms with Crippen molar-refractivity contribution in [3.63, 3.8) is 0 Å². The summed E-state index contributed by atoms with van der Waals surface area (Å²) < 4.78 is 26.8. The topological polar surface area (TPSA) is 110 Å². The molecular formula is C12H18N2O5S. The first kappa shape index (κ1) is 16.5. The van der Waals surface area contributed by atoms with E-state index in [0.717, 1.165) is 6.07 Å². The number of aryl methyl sites for hydroxylation is 1. The van der Waals surface area contributed by atoms with Crippen molar-refractivity contribution in [3.8, 4) is 0 Å². The second-order valence-electron chi connectivity index (χ2n) is 4.86. The van der Waals surface area contributed by atoms with Gasteiger partial charge in [0.2, 0.25) is 10.0 Å². The number of nitrogens with zero attached hydrogens (tertiary/aromatic N) is 1. The number of sulfonamides is 1. The van der Waals surface area contributed by atoms with Crippen molar-refractivity contribution >= 4 is 15.7 Å². The molecule has 8 heteroatoms. The van der Waals surface area contributed by atoms with E-state index < -0.39 is 21.0 Å². The third kappa shape index (κ3) is 3.75. The molecule has 0 saturated heterocycles. The molecule has 112 valence electrons. The Morgan fingerprint density at radius 2 is 2.00 bits per heavy atom. The van der Waals surface area contributed by atoms with Gasteiger partial charge in [0.25, 0.3) is 5.69 Å². The van der Waals surface area contributed by atoms with E-state index in [1.807, 2.05) is 0 Å². The molecule has 0 spiro atoms. The molecule has 0 radical (unpaired) electrons. The lowest BCUT2D eigenvalue weighted by Gasteiger charge is -2.20. The van der Waals surface area contributed by atoms with E-state index in [1.165, 1.54) is 19.1 Å². The molecule has 0 saturated carbocycles. The summed E-state index contributed by atoms with van der Waals surface area (Å²) in [6.45, 7) is 4.74. The van der Waals surface area contributed by atoms with Crippen LogP contribution >= 0.6 is 0 Å². The van der Waals surface area contributed by atoms with Crippen LogP contribution in [0.5, 0.6) is 0 Å². The molecule has 0 aliphatic rings. The molecule has 20 heavy (non-hydrogen) atoms. The highest BCUT2D eigenvalue weighted by Gasteiger charge is 2.24. The number of benzene rings is 1. The zero-order chi connectivity index (χ0) is 15.5. The van der Waals surface area contributed by atoms with Crippen LogP contribution in [0.25, 0.3) is 0 Å². The summed E-state index contributed by atoms with van der Waals surface area (Å²) in [4.78, 5) is 10.0. The summed E-state index contributed by atoms with van der Waals surface area (Å²) >= 11 is 0. The molecule has 0 heterocycles. The van der Waals surface area contributed by atoms with E-state index >= 15 is 0 Å². The Balaban J connectivity index is 3.13. The predicted octanol–water partition coefficient (Wildman–Crippen LogP) is 1.20. The fourth-order valence-corrected chi connectivity index (χ4v) is 3.30. The van der Waals surface area contributed by atoms with Gasteiger partial charge in [-0.1, -0.05) is 13.8 Å². The van der Waals surface area contributed by atoms with Crippen LogP contribution in [-0.4, -0.2) is 31.1 Å². The first-order valence-corrected chi connectivity index (χ1v) is 7.55. The van der Waals surface area contributed by atoms with E-state index in [2.05, 4.69) is 4.72 Å². The number of nitrogens with one attached hydrogen (secondary N) is 1. The first-order chi connectivity index (χ1) is 9.19. The van der Waals surface area contributed by atoms with Crippen molar-refractivity contribution in [2.24, 2.45) is 5.92 Å². The average Bonchev–Trinajstić information content (AvgIpc) is 2.35. The van der Waals surface area contributed by atoms with Crippen LogP contribution in [0.4, 0.5) is 5.69 Å². The highest BCUT2D eigenvalue weighted by Crippen LogP contribution is 2.21. The van der Waals surface area contributed by atoms with Gasteiger partial charge < -0.3 is 5.11 Å². The van der Waals surface area contributed by atoms with Crippen molar-refractivity contribution in [1.82, 2.24) is 4.72 Å². The van der Waals surface area contributed by atoms with Gasteiger partial charge in [-0.25, -0.2) is 13.1 Å². The average molecular weight is 302 g/mol. The third-order valence-corrected chi connectivity index (χ3v) is 4.62. The Labute approximate surface area is 117 Å². The Morgan fingerprint density at radius 1 is 1.40 bits per heavy atom. The van der Waals surface area contributed by atoms with E-state index in [9.17, 15) is 23.6 Å². The number of hydrogen-bond acceptors (Lipinski definition) is 5. The summed E-state index contributed by atoms with van der Waals surface area (Å²) in [5, 5.41) is 19.8. The van der Waals surface area contributed by atoms with E-state index in [4.69, 9.17) is 0 Å². The van der Waals surface area contributed by atoms with Crippen molar-refractivity contribution in [2.75, 3.05) is 6.61 Å². The van der Waals surface area contributed by atoms with Gasteiger partial charge in [0.05, 0.1) is 16.4 Å². The van der Waals surface area contributed by atoms with Crippen molar-refractivity contribution in [2.45, 2.75) is 31.7 Å². The van der Waals surface area contributed by atoms with Crippen LogP contribution < -0.4 is 4.72 Å². The lowest BCUT2D eigenvalue weighted by molar-refractivity contribution is -0.385. The molecule has 0 aliphatic carbocycles. The summed E-state index contributed by atoms with van der Waals surface area (Å²) in [6.07, 6.45) is 0. The summed E-state index contributed by atoms with van der Waals surface area (Å²) in [7, 11) is -3.82. The molecule has 0 amide bonds. The number of nitro benzene ring substituents is 1. The second-order valence-corrected chi connectivity index (χ2v) is 6.54. The zero-order valence-electron chi connectivity index (χ0n) is 11.5. The molecule has 1 aromatic rings. The maximum Gasteiger partial charge on any atom is 0.269 e. The number of hydrogen-bond donors (Lipinski definition) is 2.